The molecule has 0 bridgehead atoms. The molecule has 0 atom stereocenters. The topological polar surface area (TPSA) is 66.4 Å². The van der Waals surface area contributed by atoms with Crippen LogP contribution in [0.3, 0.4) is 0 Å². The Labute approximate surface area is 125 Å². The molecule has 8 heteroatoms. The Morgan fingerprint density at radius 3 is 2.52 bits per heavy atom. The Bertz CT molecular complexity index is 781. The van der Waals surface area contributed by atoms with Crippen LogP contribution >= 0.6 is 11.6 Å². The summed E-state index contributed by atoms with van der Waals surface area (Å²) in [6.07, 6.45) is 0. The standard InChI is InChI=1S/C13H10ClF2NO3S/c14-9-2-1-3-10(6-9)17-21(19,20)12-5-8(7-18)4-11(15)13(12)16/h1-6,17-18H,7H2. The van der Waals surface area contributed by atoms with E-state index in [0.717, 1.165) is 12.1 Å². The minimum Gasteiger partial charge on any atom is -0.392 e. The van der Waals surface area contributed by atoms with E-state index < -0.39 is 33.2 Å². The van der Waals surface area contributed by atoms with Crippen LogP contribution in [-0.4, -0.2) is 13.5 Å². The third kappa shape index (κ3) is 3.49. The van der Waals surface area contributed by atoms with Gasteiger partial charge in [-0.1, -0.05) is 17.7 Å². The van der Waals surface area contributed by atoms with E-state index in [2.05, 4.69) is 4.72 Å². The Balaban J connectivity index is 2.47. The Hall–Kier alpha value is -1.70. The van der Waals surface area contributed by atoms with Gasteiger partial charge in [0, 0.05) is 5.02 Å². The van der Waals surface area contributed by atoms with Crippen molar-refractivity contribution < 1.29 is 22.3 Å². The minimum atomic E-state index is -4.35. The predicted octanol–water partition coefficient (Wildman–Crippen LogP) is 2.91. The fraction of sp³-hybridized carbons (Fsp3) is 0.0769. The maximum Gasteiger partial charge on any atom is 0.264 e. The lowest BCUT2D eigenvalue weighted by molar-refractivity contribution is 0.280. The van der Waals surface area contributed by atoms with Crippen molar-refractivity contribution in [2.45, 2.75) is 11.5 Å². The summed E-state index contributed by atoms with van der Waals surface area (Å²) in [5, 5.41) is 9.23. The lowest BCUT2D eigenvalue weighted by atomic mass is 10.2. The van der Waals surface area contributed by atoms with Crippen molar-refractivity contribution in [3.05, 3.63) is 58.6 Å². The van der Waals surface area contributed by atoms with Crippen LogP contribution in [0.2, 0.25) is 5.02 Å². The molecule has 21 heavy (non-hydrogen) atoms. The van der Waals surface area contributed by atoms with E-state index in [1.165, 1.54) is 24.3 Å². The van der Waals surface area contributed by atoms with Gasteiger partial charge in [0.2, 0.25) is 0 Å². The summed E-state index contributed by atoms with van der Waals surface area (Å²) < 4.78 is 53.4. The fourth-order valence-corrected chi connectivity index (χ4v) is 3.04. The van der Waals surface area contributed by atoms with Crippen molar-refractivity contribution in [1.82, 2.24) is 0 Å². The van der Waals surface area contributed by atoms with Gasteiger partial charge in [0.05, 0.1) is 12.3 Å². The third-order valence-electron chi connectivity index (χ3n) is 2.60. The Morgan fingerprint density at radius 1 is 1.19 bits per heavy atom. The summed E-state index contributed by atoms with van der Waals surface area (Å²) in [7, 11) is -4.35. The highest BCUT2D eigenvalue weighted by atomic mass is 35.5. The molecule has 0 aliphatic rings. The second-order valence-electron chi connectivity index (χ2n) is 4.16. The number of hydrogen-bond donors (Lipinski definition) is 2. The molecule has 0 saturated heterocycles. The zero-order chi connectivity index (χ0) is 15.6. The van der Waals surface area contributed by atoms with Crippen LogP contribution in [0.25, 0.3) is 0 Å². The smallest absolute Gasteiger partial charge is 0.264 e. The van der Waals surface area contributed by atoms with E-state index in [0.29, 0.717) is 0 Å². The first-order valence-electron chi connectivity index (χ1n) is 5.70. The van der Waals surface area contributed by atoms with Gasteiger partial charge in [-0.25, -0.2) is 17.2 Å². The van der Waals surface area contributed by atoms with Crippen LogP contribution in [0, 0.1) is 11.6 Å². The highest BCUT2D eigenvalue weighted by Crippen LogP contribution is 2.24. The molecule has 0 aliphatic heterocycles. The van der Waals surface area contributed by atoms with Gasteiger partial charge in [0.25, 0.3) is 10.0 Å². The van der Waals surface area contributed by atoms with Crippen molar-refractivity contribution in [1.29, 1.82) is 0 Å². The van der Waals surface area contributed by atoms with Gasteiger partial charge in [0.15, 0.2) is 11.6 Å². The summed E-state index contributed by atoms with van der Waals surface area (Å²) in [5.41, 5.74) is 0.0529. The first-order chi connectivity index (χ1) is 9.83. The molecule has 0 spiro atoms. The predicted molar refractivity (Wildman–Crippen MR) is 74.5 cm³/mol. The molecule has 0 radical (unpaired) electrons. The number of aliphatic hydroxyl groups excluding tert-OH is 1. The van der Waals surface area contributed by atoms with E-state index in [1.54, 1.807) is 0 Å². The number of hydrogen-bond acceptors (Lipinski definition) is 3. The van der Waals surface area contributed by atoms with Crippen LogP contribution in [0.15, 0.2) is 41.3 Å². The molecule has 2 N–H and O–H groups in total. The summed E-state index contributed by atoms with van der Waals surface area (Å²) >= 11 is 5.72. The van der Waals surface area contributed by atoms with Gasteiger partial charge in [0.1, 0.15) is 4.90 Å². The lowest BCUT2D eigenvalue weighted by Gasteiger charge is -2.10. The molecular weight excluding hydrogens is 324 g/mol. The van der Waals surface area contributed by atoms with Crippen LogP contribution in [0.1, 0.15) is 5.56 Å². The second-order valence-corrected chi connectivity index (χ2v) is 6.25. The molecule has 0 aromatic heterocycles. The van der Waals surface area contributed by atoms with Crippen LogP contribution < -0.4 is 4.72 Å². The number of aliphatic hydroxyl groups is 1. The van der Waals surface area contributed by atoms with Crippen molar-refractivity contribution in [2.24, 2.45) is 0 Å². The van der Waals surface area contributed by atoms with Gasteiger partial charge in [-0.15, -0.1) is 0 Å². The zero-order valence-corrected chi connectivity index (χ0v) is 12.0. The maximum atomic E-state index is 13.7. The number of nitrogens with one attached hydrogen (secondary N) is 1. The number of anilines is 1. The zero-order valence-electron chi connectivity index (χ0n) is 10.5. The number of halogens is 3. The largest absolute Gasteiger partial charge is 0.392 e. The first-order valence-corrected chi connectivity index (χ1v) is 7.57. The summed E-state index contributed by atoms with van der Waals surface area (Å²) in [4.78, 5) is -0.883. The van der Waals surface area contributed by atoms with Crippen LogP contribution in [-0.2, 0) is 16.6 Å². The average Bonchev–Trinajstić information content (AvgIpc) is 2.41. The molecule has 0 amide bonds. The van der Waals surface area contributed by atoms with Gasteiger partial charge in [-0.2, -0.15) is 0 Å². The van der Waals surface area contributed by atoms with Crippen LogP contribution in [0.5, 0.6) is 0 Å². The molecule has 0 saturated carbocycles. The molecule has 0 heterocycles. The molecule has 0 aliphatic carbocycles. The van der Waals surface area contributed by atoms with E-state index in [-0.39, 0.29) is 16.3 Å². The monoisotopic (exact) mass is 333 g/mol. The first kappa shape index (κ1) is 15.7. The maximum absolute atomic E-state index is 13.7. The SMILES string of the molecule is O=S(=O)(Nc1cccc(Cl)c1)c1cc(CO)cc(F)c1F. The fourth-order valence-electron chi connectivity index (χ4n) is 1.67. The van der Waals surface area contributed by atoms with Crippen molar-refractivity contribution in [2.75, 3.05) is 4.72 Å². The highest BCUT2D eigenvalue weighted by Gasteiger charge is 2.23. The molecule has 4 nitrogen and oxygen atoms in total. The Kier molecular flexibility index (Phi) is 4.46. The van der Waals surface area contributed by atoms with E-state index in [4.69, 9.17) is 16.7 Å². The van der Waals surface area contributed by atoms with E-state index >= 15 is 0 Å². The van der Waals surface area contributed by atoms with Gasteiger partial charge in [-0.05, 0) is 35.9 Å². The normalized spacial score (nSPS) is 11.4. The molecule has 2 aromatic rings. The molecule has 0 fully saturated rings. The van der Waals surface area contributed by atoms with Crippen molar-refractivity contribution >= 4 is 27.3 Å². The third-order valence-corrected chi connectivity index (χ3v) is 4.22. The minimum absolute atomic E-state index is 0.0552. The second kappa shape index (κ2) is 5.97. The van der Waals surface area contributed by atoms with Crippen LogP contribution in [0.4, 0.5) is 14.5 Å². The average molecular weight is 334 g/mol. The van der Waals surface area contributed by atoms with E-state index in [9.17, 15) is 17.2 Å². The quantitative estimate of drug-likeness (QED) is 0.904. The number of rotatable bonds is 4. The lowest BCUT2D eigenvalue weighted by Crippen LogP contribution is -2.16. The number of sulfonamides is 1. The summed E-state index contributed by atoms with van der Waals surface area (Å²) in [6, 6.07) is 7.36. The Morgan fingerprint density at radius 2 is 1.90 bits per heavy atom. The summed E-state index contributed by atoms with van der Waals surface area (Å²) in [5.74, 6) is -2.87. The molecule has 2 aromatic carbocycles. The highest BCUT2D eigenvalue weighted by molar-refractivity contribution is 7.92. The molecule has 0 unspecified atom stereocenters. The van der Waals surface area contributed by atoms with Gasteiger partial charge in [-0.3, -0.25) is 4.72 Å². The van der Waals surface area contributed by atoms with E-state index in [1.807, 2.05) is 0 Å². The molecular formula is C13H10ClF2NO3S. The molecule has 2 rings (SSSR count). The van der Waals surface area contributed by atoms with Crippen molar-refractivity contribution in [3.63, 3.8) is 0 Å². The van der Waals surface area contributed by atoms with Crippen molar-refractivity contribution in [3.8, 4) is 0 Å². The summed E-state index contributed by atoms with van der Waals surface area (Å²) in [6.45, 7) is -0.614. The number of benzene rings is 2. The van der Waals surface area contributed by atoms with Gasteiger partial charge < -0.3 is 5.11 Å². The molecule has 112 valence electrons. The van der Waals surface area contributed by atoms with Gasteiger partial charge >= 0.3 is 0 Å².